The van der Waals surface area contributed by atoms with Crippen molar-refractivity contribution in [2.75, 3.05) is 13.2 Å². The van der Waals surface area contributed by atoms with E-state index in [0.29, 0.717) is 19.4 Å². The van der Waals surface area contributed by atoms with Crippen molar-refractivity contribution in [3.63, 3.8) is 0 Å². The van der Waals surface area contributed by atoms with E-state index in [2.05, 4.69) is 43.5 Å². The molecule has 0 radical (unpaired) electrons. The zero-order chi connectivity index (χ0) is 53.6. The van der Waals surface area contributed by atoms with Gasteiger partial charge in [0.1, 0.15) is 0 Å². The van der Waals surface area contributed by atoms with Crippen LogP contribution in [0.2, 0.25) is 0 Å². The Hall–Kier alpha value is -1.92. The maximum absolute atomic E-state index is 12.4. The van der Waals surface area contributed by atoms with Gasteiger partial charge in [0.15, 0.2) is 0 Å². The molecule has 436 valence electrons. The highest BCUT2D eigenvalue weighted by Gasteiger charge is 2.18. The molecular formula is C68H129NO5. The van der Waals surface area contributed by atoms with Gasteiger partial charge in [-0.05, 0) is 83.5 Å². The van der Waals surface area contributed by atoms with Crippen molar-refractivity contribution in [1.29, 1.82) is 0 Å². The zero-order valence-corrected chi connectivity index (χ0v) is 49.8. The number of hydrogen-bond donors (Lipinski definition) is 3. The van der Waals surface area contributed by atoms with E-state index in [9.17, 15) is 19.8 Å². The lowest BCUT2D eigenvalue weighted by Crippen LogP contribution is -2.45. The van der Waals surface area contributed by atoms with Gasteiger partial charge in [0, 0.05) is 12.8 Å². The smallest absolute Gasteiger partial charge is 0.305 e. The van der Waals surface area contributed by atoms with Gasteiger partial charge < -0.3 is 20.3 Å². The number of carbonyl (C=O) groups excluding carboxylic acids is 2. The second-order valence-electron chi connectivity index (χ2n) is 22.8. The molecule has 0 heterocycles. The highest BCUT2D eigenvalue weighted by Crippen LogP contribution is 2.17. The molecule has 2 atom stereocenters. The molecule has 0 aromatic carbocycles. The zero-order valence-electron chi connectivity index (χ0n) is 49.8. The van der Waals surface area contributed by atoms with Gasteiger partial charge in [-0.2, -0.15) is 0 Å². The van der Waals surface area contributed by atoms with Gasteiger partial charge in [-0.3, -0.25) is 9.59 Å². The number of esters is 1. The van der Waals surface area contributed by atoms with Gasteiger partial charge in [0.25, 0.3) is 0 Å². The topological polar surface area (TPSA) is 95.9 Å². The molecule has 2 unspecified atom stereocenters. The Bertz CT molecular complexity index is 1200. The van der Waals surface area contributed by atoms with Crippen molar-refractivity contribution in [1.82, 2.24) is 5.32 Å². The van der Waals surface area contributed by atoms with Crippen LogP contribution < -0.4 is 5.32 Å². The molecule has 6 nitrogen and oxygen atoms in total. The van der Waals surface area contributed by atoms with Gasteiger partial charge in [0.05, 0.1) is 25.4 Å². The summed E-state index contributed by atoms with van der Waals surface area (Å²) in [5.41, 5.74) is 0. The van der Waals surface area contributed by atoms with Crippen LogP contribution in [0.5, 0.6) is 0 Å². The number of ether oxygens (including phenoxy) is 1. The van der Waals surface area contributed by atoms with Crippen LogP contribution in [0.3, 0.4) is 0 Å². The molecule has 0 aliphatic carbocycles. The highest BCUT2D eigenvalue weighted by atomic mass is 16.5. The molecule has 0 fully saturated rings. The van der Waals surface area contributed by atoms with Crippen molar-refractivity contribution >= 4 is 11.9 Å². The number of nitrogens with one attached hydrogen (secondary N) is 1. The summed E-state index contributed by atoms with van der Waals surface area (Å²) in [5.74, 6) is -0.0581. The number of aliphatic hydroxyl groups excluding tert-OH is 2. The number of unbranched alkanes of at least 4 members (excludes halogenated alkanes) is 47. The fourth-order valence-electron chi connectivity index (χ4n) is 10.3. The van der Waals surface area contributed by atoms with Crippen molar-refractivity contribution in [2.45, 2.75) is 373 Å². The first-order valence-electron chi connectivity index (χ1n) is 33.3. The average Bonchev–Trinajstić information content (AvgIpc) is 3.40. The molecule has 0 saturated carbocycles. The molecule has 0 aliphatic heterocycles. The lowest BCUT2D eigenvalue weighted by atomic mass is 10.0. The van der Waals surface area contributed by atoms with E-state index in [1.54, 1.807) is 6.08 Å². The molecule has 1 amide bonds. The summed E-state index contributed by atoms with van der Waals surface area (Å²) in [5, 5.41) is 23.1. The maximum atomic E-state index is 12.4. The predicted molar refractivity (Wildman–Crippen MR) is 324 cm³/mol. The minimum atomic E-state index is -0.843. The minimum absolute atomic E-state index is 0.00889. The molecule has 0 aromatic rings. The van der Waals surface area contributed by atoms with E-state index in [4.69, 9.17) is 4.74 Å². The predicted octanol–water partition coefficient (Wildman–Crippen LogP) is 21.1. The van der Waals surface area contributed by atoms with Gasteiger partial charge in [-0.25, -0.2) is 0 Å². The van der Waals surface area contributed by atoms with E-state index in [0.717, 1.165) is 44.9 Å². The molecule has 0 rings (SSSR count). The minimum Gasteiger partial charge on any atom is -0.466 e. The number of amides is 1. The van der Waals surface area contributed by atoms with Crippen molar-refractivity contribution in [2.24, 2.45) is 0 Å². The van der Waals surface area contributed by atoms with Crippen LogP contribution in [0, 0.1) is 0 Å². The van der Waals surface area contributed by atoms with Gasteiger partial charge >= 0.3 is 5.97 Å². The van der Waals surface area contributed by atoms with Crippen molar-refractivity contribution in [3.05, 3.63) is 36.5 Å². The summed E-state index contributed by atoms with van der Waals surface area (Å²) in [6, 6.07) is -0.626. The summed E-state index contributed by atoms with van der Waals surface area (Å²) in [6.45, 7) is 4.91. The van der Waals surface area contributed by atoms with E-state index < -0.39 is 12.1 Å². The lowest BCUT2D eigenvalue weighted by molar-refractivity contribution is -0.143. The molecule has 0 bridgehead atoms. The largest absolute Gasteiger partial charge is 0.466 e. The third-order valence-corrected chi connectivity index (χ3v) is 15.4. The molecular weight excluding hydrogens is 911 g/mol. The summed E-state index contributed by atoms with van der Waals surface area (Å²) < 4.78 is 5.49. The Kier molecular flexibility index (Phi) is 62.0. The lowest BCUT2D eigenvalue weighted by Gasteiger charge is -2.20. The summed E-state index contributed by atoms with van der Waals surface area (Å²) >= 11 is 0. The van der Waals surface area contributed by atoms with E-state index >= 15 is 0 Å². The SMILES string of the molecule is CCCCCCCCC/C=C\CCCCCCCC(=O)OCCCCCCCCCCCCCC/C=C\CCCCCCCCCCCCCCCC(=O)NC(CO)C(O)/C=C/CCCCCCCCCCCC. The van der Waals surface area contributed by atoms with Crippen molar-refractivity contribution in [3.8, 4) is 0 Å². The number of aliphatic hydroxyl groups is 2. The molecule has 6 heteroatoms. The highest BCUT2D eigenvalue weighted by molar-refractivity contribution is 5.76. The van der Waals surface area contributed by atoms with E-state index in [-0.39, 0.29) is 18.5 Å². The Morgan fingerprint density at radius 2 is 0.635 bits per heavy atom. The Balaban J connectivity index is 3.37. The van der Waals surface area contributed by atoms with Crippen LogP contribution in [-0.4, -0.2) is 47.4 Å². The third-order valence-electron chi connectivity index (χ3n) is 15.4. The summed E-state index contributed by atoms with van der Waals surface area (Å²) in [4.78, 5) is 24.5. The van der Waals surface area contributed by atoms with Crippen LogP contribution in [0.15, 0.2) is 36.5 Å². The second-order valence-corrected chi connectivity index (χ2v) is 22.8. The summed E-state index contributed by atoms with van der Waals surface area (Å²) in [7, 11) is 0. The number of allylic oxidation sites excluding steroid dienone is 5. The number of hydrogen-bond acceptors (Lipinski definition) is 5. The van der Waals surface area contributed by atoms with Gasteiger partial charge in [0.2, 0.25) is 5.91 Å². The first kappa shape index (κ1) is 72.1. The molecule has 0 spiro atoms. The molecule has 0 aromatic heterocycles. The van der Waals surface area contributed by atoms with E-state index in [1.807, 2.05) is 6.08 Å². The molecule has 74 heavy (non-hydrogen) atoms. The first-order valence-corrected chi connectivity index (χ1v) is 33.3. The molecule has 3 N–H and O–H groups in total. The molecule has 0 aliphatic rings. The quantitative estimate of drug-likeness (QED) is 0.0320. The van der Waals surface area contributed by atoms with Crippen LogP contribution >= 0.6 is 0 Å². The Morgan fingerprint density at radius 3 is 0.959 bits per heavy atom. The fraction of sp³-hybridized carbons (Fsp3) is 0.882. The second kappa shape index (κ2) is 63.6. The average molecular weight is 1040 g/mol. The van der Waals surface area contributed by atoms with Gasteiger partial charge in [-0.1, -0.05) is 301 Å². The number of rotatable bonds is 62. The van der Waals surface area contributed by atoms with Crippen LogP contribution in [-0.2, 0) is 14.3 Å². The Morgan fingerprint density at radius 1 is 0.365 bits per heavy atom. The van der Waals surface area contributed by atoms with Gasteiger partial charge in [-0.15, -0.1) is 0 Å². The van der Waals surface area contributed by atoms with Crippen LogP contribution in [0.25, 0.3) is 0 Å². The maximum Gasteiger partial charge on any atom is 0.305 e. The third kappa shape index (κ3) is 59.3. The fourth-order valence-corrected chi connectivity index (χ4v) is 10.3. The monoisotopic (exact) mass is 1040 g/mol. The standard InChI is InChI=1S/C68H129NO5/c1-3-5-7-9-11-13-15-17-18-35-38-42-46-50-54-58-62-68(73)74-63-59-55-51-47-43-39-36-33-31-29-27-25-23-21-19-20-22-24-26-28-30-32-34-37-41-45-49-53-57-61-67(72)69-65(64-70)66(71)60-56-52-48-44-40-16-14-12-10-8-6-4-2/h18-19,21,35,56,60,65-66,70-71H,3-17,20,22-34,36-55,57-59,61-64H2,1-2H3,(H,69,72)/b21-19-,35-18-,60-56+. The van der Waals surface area contributed by atoms with Crippen LogP contribution in [0.1, 0.15) is 361 Å². The number of carbonyl (C=O) groups is 2. The molecule has 0 saturated heterocycles. The van der Waals surface area contributed by atoms with Crippen LogP contribution in [0.4, 0.5) is 0 Å². The first-order chi connectivity index (χ1) is 36.5. The van der Waals surface area contributed by atoms with E-state index in [1.165, 1.54) is 289 Å². The normalized spacial score (nSPS) is 12.8. The Labute approximate surface area is 462 Å². The van der Waals surface area contributed by atoms with Crippen molar-refractivity contribution < 1.29 is 24.5 Å². The summed E-state index contributed by atoms with van der Waals surface area (Å²) in [6.07, 6.45) is 80.7.